The number of piperidine rings is 1. The van der Waals surface area contributed by atoms with Crippen LogP contribution in [0.1, 0.15) is 36.0 Å². The van der Waals surface area contributed by atoms with Crippen molar-refractivity contribution in [3.8, 4) is 0 Å². The van der Waals surface area contributed by atoms with Crippen molar-refractivity contribution in [2.45, 2.75) is 30.6 Å². The number of sulfonamides is 1. The number of benzene rings is 1. The molecule has 1 amide bonds. The summed E-state index contributed by atoms with van der Waals surface area (Å²) in [6, 6.07) is 6.51. The third-order valence-corrected chi connectivity index (χ3v) is 6.99. The summed E-state index contributed by atoms with van der Waals surface area (Å²) in [6.45, 7) is 3.49. The molecule has 138 valence electrons. The third kappa shape index (κ3) is 4.04. The third-order valence-electron chi connectivity index (χ3n) is 5.10. The number of likely N-dealkylation sites (tertiary alicyclic amines) is 1. The van der Waals surface area contributed by atoms with Crippen molar-refractivity contribution in [3.05, 3.63) is 29.8 Å². The number of carbonyl (C=O) groups excluding carboxylic acids is 1. The molecule has 1 unspecified atom stereocenters. The molecule has 0 bridgehead atoms. The van der Waals surface area contributed by atoms with Gasteiger partial charge in [-0.05, 0) is 57.0 Å². The first-order valence-corrected chi connectivity index (χ1v) is 10.5. The molecule has 0 radical (unpaired) electrons. The molecule has 2 fully saturated rings. The summed E-state index contributed by atoms with van der Waals surface area (Å²) in [5.41, 5.74) is 0.461. The molecule has 0 saturated carbocycles. The van der Waals surface area contributed by atoms with E-state index in [0.29, 0.717) is 24.6 Å². The Bertz CT molecular complexity index is 714. The lowest BCUT2D eigenvalue weighted by atomic mass is 10.1. The monoisotopic (exact) mass is 365 g/mol. The van der Waals surface area contributed by atoms with Gasteiger partial charge < -0.3 is 10.2 Å². The second-order valence-electron chi connectivity index (χ2n) is 6.96. The van der Waals surface area contributed by atoms with Gasteiger partial charge in [0.15, 0.2) is 0 Å². The minimum absolute atomic E-state index is 0.0747. The summed E-state index contributed by atoms with van der Waals surface area (Å²) < 4.78 is 27.2. The standard InChI is InChI=1S/C18H27N3O3S/c1-19-13-15-8-11-20(14-15)18(22)16-6-5-7-17(12-16)25(23,24)21-9-3-2-4-10-21/h5-7,12,15,19H,2-4,8-11,13-14H2,1H3. The number of amides is 1. The Morgan fingerprint density at radius 2 is 1.96 bits per heavy atom. The molecule has 2 heterocycles. The normalized spacial score (nSPS) is 22.3. The molecular formula is C18H27N3O3S. The van der Waals surface area contributed by atoms with Crippen LogP contribution < -0.4 is 5.32 Å². The van der Waals surface area contributed by atoms with Crippen LogP contribution >= 0.6 is 0 Å². The summed E-state index contributed by atoms with van der Waals surface area (Å²) in [7, 11) is -1.59. The highest BCUT2D eigenvalue weighted by Crippen LogP contribution is 2.23. The zero-order chi connectivity index (χ0) is 17.9. The summed E-state index contributed by atoms with van der Waals surface area (Å²) in [5.74, 6) is 0.392. The van der Waals surface area contributed by atoms with Gasteiger partial charge in [0.25, 0.3) is 5.91 Å². The van der Waals surface area contributed by atoms with Crippen molar-refractivity contribution in [2.75, 3.05) is 39.8 Å². The summed E-state index contributed by atoms with van der Waals surface area (Å²) in [4.78, 5) is 14.8. The molecule has 3 rings (SSSR count). The van der Waals surface area contributed by atoms with Gasteiger partial charge in [-0.3, -0.25) is 4.79 Å². The van der Waals surface area contributed by atoms with Crippen molar-refractivity contribution in [1.82, 2.24) is 14.5 Å². The molecule has 1 N–H and O–H groups in total. The maximum atomic E-state index is 12.8. The molecular weight excluding hydrogens is 338 g/mol. The van der Waals surface area contributed by atoms with Crippen molar-refractivity contribution in [3.63, 3.8) is 0 Å². The van der Waals surface area contributed by atoms with E-state index in [1.807, 2.05) is 11.9 Å². The molecule has 1 atom stereocenters. The van der Waals surface area contributed by atoms with Gasteiger partial charge in [-0.1, -0.05) is 12.5 Å². The fourth-order valence-corrected chi connectivity index (χ4v) is 5.26. The van der Waals surface area contributed by atoms with Gasteiger partial charge in [-0.2, -0.15) is 4.31 Å². The van der Waals surface area contributed by atoms with E-state index < -0.39 is 10.0 Å². The number of nitrogens with one attached hydrogen (secondary N) is 1. The van der Waals surface area contributed by atoms with Gasteiger partial charge in [0.05, 0.1) is 4.90 Å². The molecule has 6 nitrogen and oxygen atoms in total. The minimum Gasteiger partial charge on any atom is -0.338 e. The van der Waals surface area contributed by atoms with Crippen LogP contribution in [0.25, 0.3) is 0 Å². The van der Waals surface area contributed by atoms with Gasteiger partial charge in [0, 0.05) is 31.7 Å². The first-order chi connectivity index (χ1) is 12.0. The van der Waals surface area contributed by atoms with Crippen LogP contribution in [0, 0.1) is 5.92 Å². The Morgan fingerprint density at radius 3 is 2.68 bits per heavy atom. The number of carbonyl (C=O) groups is 1. The predicted molar refractivity (Wildman–Crippen MR) is 97.0 cm³/mol. The van der Waals surface area contributed by atoms with Crippen LogP contribution in [-0.2, 0) is 10.0 Å². The Labute approximate surface area is 150 Å². The fourth-order valence-electron chi connectivity index (χ4n) is 3.70. The topological polar surface area (TPSA) is 69.7 Å². The van der Waals surface area contributed by atoms with Gasteiger partial charge in [0.2, 0.25) is 10.0 Å². The SMILES string of the molecule is CNCC1CCN(C(=O)c2cccc(S(=O)(=O)N3CCCCC3)c2)C1. The van der Waals surface area contributed by atoms with E-state index in [1.165, 1.54) is 6.07 Å². The molecule has 0 spiro atoms. The number of nitrogens with zero attached hydrogens (tertiary/aromatic N) is 2. The molecule has 7 heteroatoms. The first-order valence-electron chi connectivity index (χ1n) is 9.06. The zero-order valence-electron chi connectivity index (χ0n) is 14.8. The lowest BCUT2D eigenvalue weighted by Crippen LogP contribution is -2.36. The number of hydrogen-bond donors (Lipinski definition) is 1. The van der Waals surface area contributed by atoms with E-state index in [-0.39, 0.29) is 10.8 Å². The number of hydrogen-bond acceptors (Lipinski definition) is 4. The van der Waals surface area contributed by atoms with Gasteiger partial charge in [-0.25, -0.2) is 8.42 Å². The van der Waals surface area contributed by atoms with Crippen LogP contribution in [0.15, 0.2) is 29.2 Å². The molecule has 0 aliphatic carbocycles. The number of rotatable bonds is 5. The van der Waals surface area contributed by atoms with Crippen molar-refractivity contribution in [1.29, 1.82) is 0 Å². The van der Waals surface area contributed by atoms with Crippen LogP contribution in [0.4, 0.5) is 0 Å². The van der Waals surface area contributed by atoms with Crippen LogP contribution in [0.2, 0.25) is 0 Å². The van der Waals surface area contributed by atoms with Crippen LogP contribution in [-0.4, -0.2) is 63.3 Å². The van der Waals surface area contributed by atoms with Gasteiger partial charge >= 0.3 is 0 Å². The second-order valence-corrected chi connectivity index (χ2v) is 8.89. The smallest absolute Gasteiger partial charge is 0.253 e. The fraction of sp³-hybridized carbons (Fsp3) is 0.611. The second kappa shape index (κ2) is 7.85. The molecule has 2 aliphatic heterocycles. The molecule has 0 aromatic heterocycles. The van der Waals surface area contributed by atoms with Crippen LogP contribution in [0.3, 0.4) is 0 Å². The Morgan fingerprint density at radius 1 is 1.20 bits per heavy atom. The van der Waals surface area contributed by atoms with Crippen LogP contribution in [0.5, 0.6) is 0 Å². The highest BCUT2D eigenvalue weighted by Gasteiger charge is 2.29. The molecule has 1 aromatic carbocycles. The van der Waals surface area contributed by atoms with Crippen molar-refractivity contribution >= 4 is 15.9 Å². The van der Waals surface area contributed by atoms with E-state index in [2.05, 4.69) is 5.32 Å². The van der Waals surface area contributed by atoms with E-state index in [9.17, 15) is 13.2 Å². The Hall–Kier alpha value is -1.44. The lowest BCUT2D eigenvalue weighted by molar-refractivity contribution is 0.0787. The lowest BCUT2D eigenvalue weighted by Gasteiger charge is -2.26. The van der Waals surface area contributed by atoms with E-state index in [4.69, 9.17) is 0 Å². The Kier molecular flexibility index (Phi) is 5.76. The predicted octanol–water partition coefficient (Wildman–Crippen LogP) is 1.54. The largest absolute Gasteiger partial charge is 0.338 e. The highest BCUT2D eigenvalue weighted by atomic mass is 32.2. The molecule has 25 heavy (non-hydrogen) atoms. The molecule has 2 saturated heterocycles. The van der Waals surface area contributed by atoms with Crippen molar-refractivity contribution in [2.24, 2.45) is 5.92 Å². The summed E-state index contributed by atoms with van der Waals surface area (Å²) >= 11 is 0. The van der Waals surface area contributed by atoms with E-state index in [0.717, 1.165) is 45.3 Å². The highest BCUT2D eigenvalue weighted by molar-refractivity contribution is 7.89. The van der Waals surface area contributed by atoms with Gasteiger partial charge in [-0.15, -0.1) is 0 Å². The molecule has 2 aliphatic rings. The minimum atomic E-state index is -3.51. The average Bonchev–Trinajstić information content (AvgIpc) is 3.11. The van der Waals surface area contributed by atoms with E-state index in [1.54, 1.807) is 22.5 Å². The molecule has 1 aromatic rings. The maximum absolute atomic E-state index is 12.8. The maximum Gasteiger partial charge on any atom is 0.253 e. The van der Waals surface area contributed by atoms with Crippen molar-refractivity contribution < 1.29 is 13.2 Å². The summed E-state index contributed by atoms with van der Waals surface area (Å²) in [5, 5.41) is 3.15. The zero-order valence-corrected chi connectivity index (χ0v) is 15.6. The van der Waals surface area contributed by atoms with Gasteiger partial charge in [0.1, 0.15) is 0 Å². The Balaban J connectivity index is 1.76. The quantitative estimate of drug-likeness (QED) is 0.859. The summed E-state index contributed by atoms with van der Waals surface area (Å²) in [6.07, 6.45) is 3.86. The average molecular weight is 365 g/mol. The first kappa shape index (κ1) is 18.4. The van der Waals surface area contributed by atoms with E-state index >= 15 is 0 Å².